The van der Waals surface area contributed by atoms with Crippen LogP contribution in [0.25, 0.3) is 10.2 Å². The first-order valence-corrected chi connectivity index (χ1v) is 10.9. The highest BCUT2D eigenvalue weighted by Crippen LogP contribution is 2.35. The van der Waals surface area contributed by atoms with Gasteiger partial charge in [0.1, 0.15) is 0 Å². The number of benzene rings is 1. The van der Waals surface area contributed by atoms with Crippen LogP contribution < -0.4 is 5.32 Å². The zero-order valence-corrected chi connectivity index (χ0v) is 16.4. The van der Waals surface area contributed by atoms with Crippen LogP contribution in [0.2, 0.25) is 0 Å². The molecule has 1 aliphatic carbocycles. The molecule has 0 radical (unpaired) electrons. The Hall–Kier alpha value is -2.19. The number of allylic oxidation sites excluding steroid dienone is 2. The van der Waals surface area contributed by atoms with Crippen LogP contribution in [0.15, 0.2) is 34.7 Å². The maximum absolute atomic E-state index is 12.4. The molecule has 140 valence electrons. The van der Waals surface area contributed by atoms with E-state index in [2.05, 4.69) is 10.3 Å². The second kappa shape index (κ2) is 7.44. The molecule has 2 heterocycles. The smallest absolute Gasteiger partial charge is 0.233 e. The average Bonchev–Trinajstić information content (AvgIpc) is 3.19. The quantitative estimate of drug-likeness (QED) is 0.472. The van der Waals surface area contributed by atoms with E-state index in [9.17, 15) is 14.4 Å². The molecule has 1 aromatic carbocycles. The molecule has 27 heavy (non-hydrogen) atoms. The molecule has 8 heteroatoms. The summed E-state index contributed by atoms with van der Waals surface area (Å²) in [6.07, 6.45) is 7.23. The van der Waals surface area contributed by atoms with Gasteiger partial charge in [-0.25, -0.2) is 4.98 Å². The molecule has 0 saturated carbocycles. The Balaban J connectivity index is 1.37. The average molecular weight is 402 g/mol. The second-order valence-electron chi connectivity index (χ2n) is 6.65. The lowest BCUT2D eigenvalue weighted by Gasteiger charge is -2.14. The van der Waals surface area contributed by atoms with Crippen molar-refractivity contribution in [3.8, 4) is 0 Å². The van der Waals surface area contributed by atoms with Crippen LogP contribution in [0.4, 0.5) is 5.69 Å². The number of aromatic nitrogens is 1. The second-order valence-corrected chi connectivity index (χ2v) is 8.73. The number of rotatable bonds is 5. The van der Waals surface area contributed by atoms with Crippen molar-refractivity contribution in [2.75, 3.05) is 18.1 Å². The van der Waals surface area contributed by atoms with E-state index in [1.165, 1.54) is 4.90 Å². The van der Waals surface area contributed by atoms with Crippen molar-refractivity contribution in [2.45, 2.75) is 23.6 Å². The number of fused-ring (bicyclic) bond motifs is 2. The molecule has 3 amide bonds. The zero-order chi connectivity index (χ0) is 19.0. The summed E-state index contributed by atoms with van der Waals surface area (Å²) in [4.78, 5) is 42.9. The minimum absolute atomic E-state index is 0.0984. The summed E-state index contributed by atoms with van der Waals surface area (Å²) in [7, 11) is 0. The molecule has 1 fully saturated rings. The summed E-state index contributed by atoms with van der Waals surface area (Å²) in [6, 6.07) is 5.60. The molecule has 4 rings (SSSR count). The molecule has 6 nitrogen and oxygen atoms in total. The predicted molar refractivity (Wildman–Crippen MR) is 107 cm³/mol. The lowest BCUT2D eigenvalue weighted by molar-refractivity contribution is -0.140. The molecule has 2 aromatic rings. The topological polar surface area (TPSA) is 79.4 Å². The largest absolute Gasteiger partial charge is 0.326 e. The third kappa shape index (κ3) is 3.51. The maximum atomic E-state index is 12.4. The van der Waals surface area contributed by atoms with Gasteiger partial charge in [-0.3, -0.25) is 19.3 Å². The minimum Gasteiger partial charge on any atom is -0.326 e. The summed E-state index contributed by atoms with van der Waals surface area (Å²) >= 11 is 3.17. The molecule has 0 bridgehead atoms. The van der Waals surface area contributed by atoms with Crippen LogP contribution in [-0.2, 0) is 14.4 Å². The van der Waals surface area contributed by atoms with Gasteiger partial charge in [0.05, 0.1) is 22.1 Å². The molecule has 0 spiro atoms. The molecule has 2 aliphatic rings. The Bertz CT molecular complexity index is 927. The first-order valence-electron chi connectivity index (χ1n) is 8.81. The number of carbonyl (C=O) groups excluding carboxylic acids is 3. The number of hydrogen-bond donors (Lipinski definition) is 1. The fourth-order valence-corrected chi connectivity index (χ4v) is 5.12. The fourth-order valence-electron chi connectivity index (χ4n) is 3.59. The van der Waals surface area contributed by atoms with Crippen LogP contribution >= 0.6 is 23.1 Å². The molecular formula is C19H19N3O3S2. The van der Waals surface area contributed by atoms with E-state index in [-0.39, 0.29) is 42.5 Å². The number of amides is 3. The summed E-state index contributed by atoms with van der Waals surface area (Å²) in [5.74, 6) is -0.983. The molecule has 2 atom stereocenters. The predicted octanol–water partition coefficient (Wildman–Crippen LogP) is 3.30. The first kappa shape index (κ1) is 18.2. The zero-order valence-electron chi connectivity index (χ0n) is 14.8. The van der Waals surface area contributed by atoms with Gasteiger partial charge in [-0.2, -0.15) is 0 Å². The highest BCUT2D eigenvalue weighted by atomic mass is 32.2. The molecule has 1 aliphatic heterocycles. The standard InChI is InChI=1S/C19H19N3O3S2/c1-26-19-21-14-7-6-11(10-15(14)27-19)20-16(23)8-9-22-17(24)12-4-2-3-5-13(12)18(22)25/h2-3,6-7,10,12-13H,4-5,8-9H2,1H3,(H,20,23)/t12-,13-/m0/s1. The molecule has 0 unspecified atom stereocenters. The van der Waals surface area contributed by atoms with Gasteiger partial charge in [-0.05, 0) is 37.3 Å². The summed E-state index contributed by atoms with van der Waals surface area (Å²) in [5, 5.41) is 2.85. The van der Waals surface area contributed by atoms with Crippen molar-refractivity contribution >= 4 is 56.7 Å². The van der Waals surface area contributed by atoms with Gasteiger partial charge in [0, 0.05) is 18.7 Å². The number of hydrogen-bond acceptors (Lipinski definition) is 6. The van der Waals surface area contributed by atoms with Gasteiger partial charge < -0.3 is 5.32 Å². The number of anilines is 1. The number of nitrogens with one attached hydrogen (secondary N) is 1. The summed E-state index contributed by atoms with van der Waals surface area (Å²) < 4.78 is 1.99. The molecular weight excluding hydrogens is 382 g/mol. The van der Waals surface area contributed by atoms with Gasteiger partial charge >= 0.3 is 0 Å². The Morgan fingerprint density at radius 3 is 2.63 bits per heavy atom. The Labute approximate surface area is 165 Å². The number of imide groups is 1. The number of likely N-dealkylation sites (tertiary alicyclic amines) is 1. The third-order valence-corrected chi connectivity index (χ3v) is 6.99. The van der Waals surface area contributed by atoms with E-state index in [1.807, 2.05) is 36.6 Å². The molecule has 1 N–H and O–H groups in total. The van der Waals surface area contributed by atoms with Crippen LogP contribution in [0.3, 0.4) is 0 Å². The van der Waals surface area contributed by atoms with Gasteiger partial charge in [0.15, 0.2) is 4.34 Å². The fraction of sp³-hybridized carbons (Fsp3) is 0.368. The van der Waals surface area contributed by atoms with Crippen molar-refractivity contribution < 1.29 is 14.4 Å². The maximum Gasteiger partial charge on any atom is 0.233 e. The van der Waals surface area contributed by atoms with Crippen LogP contribution in [0.5, 0.6) is 0 Å². The first-order chi connectivity index (χ1) is 13.1. The third-order valence-electron chi connectivity index (χ3n) is 4.99. The van der Waals surface area contributed by atoms with Gasteiger partial charge in [-0.1, -0.05) is 23.9 Å². The lowest BCUT2D eigenvalue weighted by atomic mass is 9.85. The normalized spacial score (nSPS) is 21.7. The Kier molecular flexibility index (Phi) is 5.01. The number of thiazole rings is 1. The monoisotopic (exact) mass is 401 g/mol. The SMILES string of the molecule is CSc1nc2ccc(NC(=O)CCN3C(=O)[C@H]4CC=CC[C@@H]4C3=O)cc2s1. The van der Waals surface area contributed by atoms with Crippen LogP contribution in [0.1, 0.15) is 19.3 Å². The van der Waals surface area contributed by atoms with E-state index < -0.39 is 0 Å². The molecule has 1 saturated heterocycles. The van der Waals surface area contributed by atoms with E-state index in [0.717, 1.165) is 14.6 Å². The van der Waals surface area contributed by atoms with Crippen molar-refractivity contribution in [1.29, 1.82) is 0 Å². The van der Waals surface area contributed by atoms with Gasteiger partial charge in [0.25, 0.3) is 0 Å². The van der Waals surface area contributed by atoms with Gasteiger partial charge in [-0.15, -0.1) is 11.3 Å². The number of thioether (sulfide) groups is 1. The van der Waals surface area contributed by atoms with E-state index in [4.69, 9.17) is 0 Å². The summed E-state index contributed by atoms with van der Waals surface area (Å²) in [6.45, 7) is 0.135. The number of nitrogens with zero attached hydrogens (tertiary/aromatic N) is 2. The van der Waals surface area contributed by atoms with E-state index >= 15 is 0 Å². The van der Waals surface area contributed by atoms with Crippen molar-refractivity contribution in [2.24, 2.45) is 11.8 Å². The minimum atomic E-state index is -0.245. The van der Waals surface area contributed by atoms with E-state index in [0.29, 0.717) is 18.5 Å². The van der Waals surface area contributed by atoms with Gasteiger partial charge in [0.2, 0.25) is 17.7 Å². The number of carbonyl (C=O) groups is 3. The van der Waals surface area contributed by atoms with Crippen LogP contribution in [0, 0.1) is 11.8 Å². The van der Waals surface area contributed by atoms with Crippen molar-refractivity contribution in [3.63, 3.8) is 0 Å². The highest BCUT2D eigenvalue weighted by molar-refractivity contribution is 8.00. The highest BCUT2D eigenvalue weighted by Gasteiger charge is 2.46. The Morgan fingerprint density at radius 1 is 1.26 bits per heavy atom. The van der Waals surface area contributed by atoms with Crippen molar-refractivity contribution in [1.82, 2.24) is 9.88 Å². The van der Waals surface area contributed by atoms with Crippen LogP contribution in [-0.4, -0.2) is 40.4 Å². The van der Waals surface area contributed by atoms with Crippen molar-refractivity contribution in [3.05, 3.63) is 30.4 Å². The lowest BCUT2D eigenvalue weighted by Crippen LogP contribution is -2.34. The molecule has 1 aromatic heterocycles. The Morgan fingerprint density at radius 2 is 1.96 bits per heavy atom. The van der Waals surface area contributed by atoms with E-state index in [1.54, 1.807) is 23.1 Å². The summed E-state index contributed by atoms with van der Waals surface area (Å²) in [5.41, 5.74) is 1.60.